The first-order chi connectivity index (χ1) is 5.93. The summed E-state index contributed by atoms with van der Waals surface area (Å²) < 4.78 is 25.8. The Hall–Kier alpha value is -1.32. The molecule has 1 heterocycles. The molecule has 1 rings (SSSR count). The van der Waals surface area contributed by atoms with Gasteiger partial charge >= 0.3 is 0 Å². The van der Waals surface area contributed by atoms with Gasteiger partial charge in [0.25, 0.3) is 5.92 Å². The SMILES string of the molecule is CC(=O)c1ncccc1C(C)(F)F. The minimum Gasteiger partial charge on any atom is -0.293 e. The largest absolute Gasteiger partial charge is 0.293 e. The molecule has 4 heteroatoms. The normalized spacial score (nSPS) is 11.4. The van der Waals surface area contributed by atoms with Crippen LogP contribution in [0.3, 0.4) is 0 Å². The van der Waals surface area contributed by atoms with E-state index in [1.54, 1.807) is 0 Å². The van der Waals surface area contributed by atoms with Crippen LogP contribution < -0.4 is 0 Å². The Morgan fingerprint density at radius 2 is 2.15 bits per heavy atom. The maximum atomic E-state index is 12.9. The predicted molar refractivity (Wildman–Crippen MR) is 43.8 cm³/mol. The molecule has 0 amide bonds. The van der Waals surface area contributed by atoms with E-state index in [2.05, 4.69) is 4.98 Å². The minimum atomic E-state index is -3.02. The number of hydrogen-bond acceptors (Lipinski definition) is 2. The van der Waals surface area contributed by atoms with Crippen molar-refractivity contribution < 1.29 is 13.6 Å². The van der Waals surface area contributed by atoms with Gasteiger partial charge in [-0.25, -0.2) is 8.78 Å². The van der Waals surface area contributed by atoms with Gasteiger partial charge in [-0.2, -0.15) is 0 Å². The van der Waals surface area contributed by atoms with Crippen molar-refractivity contribution in [2.75, 3.05) is 0 Å². The van der Waals surface area contributed by atoms with Gasteiger partial charge in [0.05, 0.1) is 0 Å². The van der Waals surface area contributed by atoms with Gasteiger partial charge in [-0.3, -0.25) is 9.78 Å². The number of pyridine rings is 1. The maximum Gasteiger partial charge on any atom is 0.272 e. The van der Waals surface area contributed by atoms with Crippen molar-refractivity contribution in [3.63, 3.8) is 0 Å². The van der Waals surface area contributed by atoms with Crippen LogP contribution in [0.25, 0.3) is 0 Å². The van der Waals surface area contributed by atoms with E-state index in [0.29, 0.717) is 0 Å². The van der Waals surface area contributed by atoms with Gasteiger partial charge in [-0.05, 0) is 12.1 Å². The molecule has 0 N–H and O–H groups in total. The number of ketones is 1. The van der Waals surface area contributed by atoms with E-state index in [9.17, 15) is 13.6 Å². The number of alkyl halides is 2. The second-order valence-corrected chi connectivity index (χ2v) is 2.84. The Balaban J connectivity index is 3.28. The van der Waals surface area contributed by atoms with Gasteiger partial charge in [0.1, 0.15) is 5.69 Å². The number of hydrogen-bond donors (Lipinski definition) is 0. The molecule has 0 aliphatic heterocycles. The smallest absolute Gasteiger partial charge is 0.272 e. The molecule has 1 aromatic rings. The van der Waals surface area contributed by atoms with Crippen LogP contribution in [0.15, 0.2) is 18.3 Å². The number of aromatic nitrogens is 1. The first kappa shape index (κ1) is 9.77. The zero-order valence-electron chi connectivity index (χ0n) is 7.34. The first-order valence-corrected chi connectivity index (χ1v) is 3.77. The Labute approximate surface area is 74.6 Å². The molecule has 0 saturated heterocycles. The molecular formula is C9H9F2NO. The van der Waals surface area contributed by atoms with E-state index < -0.39 is 11.7 Å². The van der Waals surface area contributed by atoms with Gasteiger partial charge in [-0.15, -0.1) is 0 Å². The van der Waals surface area contributed by atoms with Crippen LogP contribution in [0.4, 0.5) is 8.78 Å². The third-order valence-corrected chi connectivity index (χ3v) is 1.61. The fourth-order valence-corrected chi connectivity index (χ4v) is 1.04. The fraction of sp³-hybridized carbons (Fsp3) is 0.333. The molecule has 1 aromatic heterocycles. The molecule has 0 atom stereocenters. The van der Waals surface area contributed by atoms with Crippen LogP contribution in [0.1, 0.15) is 29.9 Å². The van der Waals surface area contributed by atoms with Crippen molar-refractivity contribution in [2.45, 2.75) is 19.8 Å². The van der Waals surface area contributed by atoms with Gasteiger partial charge in [0.15, 0.2) is 5.78 Å². The van der Waals surface area contributed by atoms with E-state index >= 15 is 0 Å². The van der Waals surface area contributed by atoms with Crippen molar-refractivity contribution in [1.82, 2.24) is 4.98 Å². The van der Waals surface area contributed by atoms with Crippen LogP contribution in [-0.2, 0) is 5.92 Å². The number of rotatable bonds is 2. The van der Waals surface area contributed by atoms with E-state index in [-0.39, 0.29) is 11.3 Å². The average Bonchev–Trinajstić information content (AvgIpc) is 2.03. The minimum absolute atomic E-state index is 0.157. The summed E-state index contributed by atoms with van der Waals surface area (Å²) in [7, 11) is 0. The lowest BCUT2D eigenvalue weighted by atomic mass is 10.1. The topological polar surface area (TPSA) is 30.0 Å². The molecule has 0 fully saturated rings. The number of carbonyl (C=O) groups excluding carboxylic acids is 1. The number of halogens is 2. The number of carbonyl (C=O) groups is 1. The number of nitrogens with zero attached hydrogens (tertiary/aromatic N) is 1. The monoisotopic (exact) mass is 185 g/mol. The average molecular weight is 185 g/mol. The van der Waals surface area contributed by atoms with E-state index in [1.165, 1.54) is 25.3 Å². The van der Waals surface area contributed by atoms with Gasteiger partial charge in [0, 0.05) is 25.6 Å². The molecule has 0 bridgehead atoms. The second-order valence-electron chi connectivity index (χ2n) is 2.84. The third kappa shape index (κ3) is 2.08. The summed E-state index contributed by atoms with van der Waals surface area (Å²) in [6, 6.07) is 2.60. The Morgan fingerprint density at radius 1 is 1.54 bits per heavy atom. The standard InChI is InChI=1S/C9H9F2NO/c1-6(13)8-7(9(2,10)11)4-3-5-12-8/h3-5H,1-2H3. The summed E-state index contributed by atoms with van der Waals surface area (Å²) in [5.74, 6) is -3.47. The van der Waals surface area contributed by atoms with Crippen molar-refractivity contribution in [1.29, 1.82) is 0 Å². The predicted octanol–water partition coefficient (Wildman–Crippen LogP) is 2.40. The van der Waals surface area contributed by atoms with E-state index in [0.717, 1.165) is 6.92 Å². The van der Waals surface area contributed by atoms with Crippen molar-refractivity contribution >= 4 is 5.78 Å². The van der Waals surface area contributed by atoms with Gasteiger partial charge in [0.2, 0.25) is 0 Å². The highest BCUT2D eigenvalue weighted by Crippen LogP contribution is 2.28. The van der Waals surface area contributed by atoms with Crippen LogP contribution in [0.5, 0.6) is 0 Å². The highest BCUT2D eigenvalue weighted by atomic mass is 19.3. The van der Waals surface area contributed by atoms with Crippen molar-refractivity contribution in [2.24, 2.45) is 0 Å². The van der Waals surface area contributed by atoms with Crippen molar-refractivity contribution in [3.8, 4) is 0 Å². The second kappa shape index (κ2) is 3.20. The summed E-state index contributed by atoms with van der Waals surface area (Å²) in [6.07, 6.45) is 1.33. The summed E-state index contributed by atoms with van der Waals surface area (Å²) in [5.41, 5.74) is -0.475. The lowest BCUT2D eigenvalue weighted by molar-refractivity contribution is 0.0160. The van der Waals surface area contributed by atoms with Crippen LogP contribution in [-0.4, -0.2) is 10.8 Å². The summed E-state index contributed by atoms with van der Waals surface area (Å²) in [6.45, 7) is 1.97. The third-order valence-electron chi connectivity index (χ3n) is 1.61. The summed E-state index contributed by atoms with van der Waals surface area (Å²) in [5, 5.41) is 0. The van der Waals surface area contributed by atoms with Crippen molar-refractivity contribution in [3.05, 3.63) is 29.6 Å². The first-order valence-electron chi connectivity index (χ1n) is 3.77. The van der Waals surface area contributed by atoms with Crippen LogP contribution in [0, 0.1) is 0 Å². The molecule has 0 spiro atoms. The highest BCUT2D eigenvalue weighted by molar-refractivity contribution is 5.93. The van der Waals surface area contributed by atoms with Gasteiger partial charge in [-0.1, -0.05) is 0 Å². The molecule has 13 heavy (non-hydrogen) atoms. The lowest BCUT2D eigenvalue weighted by Gasteiger charge is -2.12. The molecule has 0 unspecified atom stereocenters. The molecule has 0 aliphatic rings. The molecule has 0 saturated carbocycles. The Kier molecular flexibility index (Phi) is 2.40. The molecular weight excluding hydrogens is 176 g/mol. The highest BCUT2D eigenvalue weighted by Gasteiger charge is 2.29. The zero-order valence-corrected chi connectivity index (χ0v) is 7.34. The van der Waals surface area contributed by atoms with E-state index in [4.69, 9.17) is 0 Å². The van der Waals surface area contributed by atoms with Crippen LogP contribution >= 0.6 is 0 Å². The molecule has 0 radical (unpaired) electrons. The molecule has 70 valence electrons. The maximum absolute atomic E-state index is 12.9. The summed E-state index contributed by atoms with van der Waals surface area (Å²) in [4.78, 5) is 14.5. The molecule has 2 nitrogen and oxygen atoms in total. The van der Waals surface area contributed by atoms with E-state index in [1.807, 2.05) is 0 Å². The molecule has 0 aromatic carbocycles. The Bertz CT molecular complexity index is 331. The summed E-state index contributed by atoms with van der Waals surface area (Å²) >= 11 is 0. The molecule has 0 aliphatic carbocycles. The fourth-order valence-electron chi connectivity index (χ4n) is 1.04. The number of Topliss-reactive ketones (excluding diaryl/α,β-unsaturated/α-hetero) is 1. The lowest BCUT2D eigenvalue weighted by Crippen LogP contribution is -2.14. The Morgan fingerprint density at radius 3 is 2.54 bits per heavy atom. The quantitative estimate of drug-likeness (QED) is 0.662. The van der Waals surface area contributed by atoms with Gasteiger partial charge < -0.3 is 0 Å². The van der Waals surface area contributed by atoms with Crippen LogP contribution in [0.2, 0.25) is 0 Å². The zero-order chi connectivity index (χ0) is 10.1.